The van der Waals surface area contributed by atoms with Crippen LogP contribution in [0.2, 0.25) is 0 Å². The molecular formula is C20H36N4O2S. The van der Waals surface area contributed by atoms with Crippen LogP contribution in [0.4, 0.5) is 0 Å². The Balaban J connectivity index is 1.39. The van der Waals surface area contributed by atoms with Crippen molar-refractivity contribution >= 4 is 15.8 Å². The van der Waals surface area contributed by atoms with Crippen LogP contribution in [0, 0.1) is 5.92 Å². The molecule has 0 radical (unpaired) electrons. The van der Waals surface area contributed by atoms with Crippen LogP contribution in [0.1, 0.15) is 57.8 Å². The highest BCUT2D eigenvalue weighted by atomic mass is 32.2. The van der Waals surface area contributed by atoms with Gasteiger partial charge in [-0.05, 0) is 57.5 Å². The molecule has 0 aromatic heterocycles. The van der Waals surface area contributed by atoms with Crippen molar-refractivity contribution in [3.63, 3.8) is 0 Å². The normalized spacial score (nSPS) is 33.0. The highest BCUT2D eigenvalue weighted by Crippen LogP contribution is 2.23. The Labute approximate surface area is 164 Å². The van der Waals surface area contributed by atoms with Crippen molar-refractivity contribution < 1.29 is 8.42 Å². The van der Waals surface area contributed by atoms with Gasteiger partial charge in [0.05, 0.1) is 11.5 Å². The monoisotopic (exact) mass is 396 g/mol. The quantitative estimate of drug-likeness (QED) is 0.581. The minimum absolute atomic E-state index is 0.205. The van der Waals surface area contributed by atoms with Gasteiger partial charge in [0, 0.05) is 31.7 Å². The van der Waals surface area contributed by atoms with E-state index in [9.17, 15) is 8.42 Å². The second-order valence-corrected chi connectivity index (χ2v) is 11.3. The van der Waals surface area contributed by atoms with Gasteiger partial charge < -0.3 is 10.2 Å². The molecule has 7 heteroatoms. The van der Waals surface area contributed by atoms with Gasteiger partial charge in [0.1, 0.15) is 0 Å². The lowest BCUT2D eigenvalue weighted by Crippen LogP contribution is -2.47. The predicted molar refractivity (Wildman–Crippen MR) is 110 cm³/mol. The summed E-state index contributed by atoms with van der Waals surface area (Å²) in [6, 6.07) is 1.21. The number of hydrogen-bond donors (Lipinski definition) is 1. The van der Waals surface area contributed by atoms with Crippen molar-refractivity contribution in [2.75, 3.05) is 44.2 Å². The number of sulfone groups is 1. The molecule has 4 aliphatic rings. The Morgan fingerprint density at radius 2 is 1.74 bits per heavy atom. The average Bonchev–Trinajstić information content (AvgIpc) is 3.40. The number of likely N-dealkylation sites (tertiary alicyclic amines) is 2. The summed E-state index contributed by atoms with van der Waals surface area (Å²) >= 11 is 0. The smallest absolute Gasteiger partial charge is 0.194 e. The topological polar surface area (TPSA) is 65.0 Å². The molecule has 0 aromatic carbocycles. The van der Waals surface area contributed by atoms with Gasteiger partial charge in [-0.25, -0.2) is 8.42 Å². The molecule has 0 amide bonds. The molecule has 1 saturated carbocycles. The third-order valence-electron chi connectivity index (χ3n) is 6.88. The van der Waals surface area contributed by atoms with Crippen LogP contribution in [0.15, 0.2) is 4.99 Å². The van der Waals surface area contributed by atoms with Crippen LogP contribution in [-0.2, 0) is 9.84 Å². The van der Waals surface area contributed by atoms with Crippen molar-refractivity contribution in [1.82, 2.24) is 15.1 Å². The summed E-state index contributed by atoms with van der Waals surface area (Å²) in [6.45, 7) is 5.30. The number of hydrogen-bond acceptors (Lipinski definition) is 4. The fraction of sp³-hybridized carbons (Fsp3) is 0.950. The summed E-state index contributed by atoms with van der Waals surface area (Å²) < 4.78 is 23.5. The second-order valence-electron chi connectivity index (χ2n) is 9.04. The number of piperidine rings is 1. The van der Waals surface area contributed by atoms with Gasteiger partial charge in [0.2, 0.25) is 0 Å². The summed E-state index contributed by atoms with van der Waals surface area (Å²) in [6.07, 6.45) is 11.2. The first-order valence-corrected chi connectivity index (χ1v) is 12.9. The number of guanidine groups is 1. The van der Waals surface area contributed by atoms with Gasteiger partial charge in [-0.2, -0.15) is 0 Å². The minimum atomic E-state index is -2.82. The molecular weight excluding hydrogens is 360 g/mol. The third kappa shape index (κ3) is 5.17. The van der Waals surface area contributed by atoms with E-state index in [1.54, 1.807) is 0 Å². The van der Waals surface area contributed by atoms with E-state index in [1.807, 2.05) is 0 Å². The van der Waals surface area contributed by atoms with Crippen LogP contribution in [0.25, 0.3) is 0 Å². The maximum absolute atomic E-state index is 11.8. The number of aliphatic imine (C=N–C) groups is 1. The van der Waals surface area contributed by atoms with E-state index in [1.165, 1.54) is 64.5 Å². The van der Waals surface area contributed by atoms with Crippen LogP contribution < -0.4 is 5.32 Å². The van der Waals surface area contributed by atoms with Gasteiger partial charge >= 0.3 is 0 Å². The molecule has 3 heterocycles. The lowest BCUT2D eigenvalue weighted by molar-refractivity contribution is 0.168. The van der Waals surface area contributed by atoms with Crippen molar-refractivity contribution in [3.05, 3.63) is 0 Å². The Hall–Kier alpha value is -0.820. The van der Waals surface area contributed by atoms with Crippen LogP contribution in [0.3, 0.4) is 0 Å². The van der Waals surface area contributed by atoms with Gasteiger partial charge in [-0.1, -0.05) is 19.3 Å². The summed E-state index contributed by atoms with van der Waals surface area (Å²) in [5, 5.41) is 3.73. The highest BCUT2D eigenvalue weighted by Gasteiger charge is 2.32. The zero-order chi connectivity index (χ0) is 18.7. The van der Waals surface area contributed by atoms with Crippen molar-refractivity contribution in [2.45, 2.75) is 69.9 Å². The summed E-state index contributed by atoms with van der Waals surface area (Å²) in [4.78, 5) is 10.1. The number of nitrogens with zero attached hydrogens (tertiary/aromatic N) is 3. The highest BCUT2D eigenvalue weighted by molar-refractivity contribution is 7.91. The van der Waals surface area contributed by atoms with Crippen LogP contribution in [0.5, 0.6) is 0 Å². The van der Waals surface area contributed by atoms with E-state index < -0.39 is 9.84 Å². The van der Waals surface area contributed by atoms with Crippen molar-refractivity contribution in [3.8, 4) is 0 Å². The SMILES string of the molecule is O=S1(=O)CCC(CN=C(NC2CCCC2)N2CCC(N3CCCCC3)C2)C1. The van der Waals surface area contributed by atoms with Crippen molar-refractivity contribution in [1.29, 1.82) is 0 Å². The molecule has 0 aromatic rings. The van der Waals surface area contributed by atoms with E-state index >= 15 is 0 Å². The molecule has 6 nitrogen and oxygen atoms in total. The average molecular weight is 397 g/mol. The van der Waals surface area contributed by atoms with E-state index in [2.05, 4.69) is 15.1 Å². The number of rotatable bonds is 4. The molecule has 0 bridgehead atoms. The first-order valence-electron chi connectivity index (χ1n) is 11.1. The third-order valence-corrected chi connectivity index (χ3v) is 8.72. The maximum Gasteiger partial charge on any atom is 0.194 e. The molecule has 1 aliphatic carbocycles. The molecule has 4 rings (SSSR count). The summed E-state index contributed by atoms with van der Waals surface area (Å²) in [7, 11) is -2.82. The lowest BCUT2D eigenvalue weighted by Gasteiger charge is -2.32. The Kier molecular flexibility index (Phi) is 6.27. The summed E-state index contributed by atoms with van der Waals surface area (Å²) in [5.41, 5.74) is 0. The second kappa shape index (κ2) is 8.68. The van der Waals surface area contributed by atoms with Gasteiger partial charge in [-0.15, -0.1) is 0 Å². The van der Waals surface area contributed by atoms with E-state index in [0.717, 1.165) is 25.5 Å². The molecule has 2 unspecified atom stereocenters. The van der Waals surface area contributed by atoms with E-state index in [0.29, 0.717) is 30.1 Å². The molecule has 1 N–H and O–H groups in total. The first-order chi connectivity index (χ1) is 13.1. The molecule has 4 fully saturated rings. The fourth-order valence-electron chi connectivity index (χ4n) is 5.24. The van der Waals surface area contributed by atoms with Crippen LogP contribution in [-0.4, -0.2) is 80.5 Å². The molecule has 0 spiro atoms. The predicted octanol–water partition coefficient (Wildman–Crippen LogP) is 1.87. The molecule has 27 heavy (non-hydrogen) atoms. The zero-order valence-corrected chi connectivity index (χ0v) is 17.4. The molecule has 3 aliphatic heterocycles. The van der Waals surface area contributed by atoms with Gasteiger partial charge in [0.25, 0.3) is 0 Å². The lowest BCUT2D eigenvalue weighted by atomic mass is 10.1. The maximum atomic E-state index is 11.8. The first kappa shape index (κ1) is 19.5. The van der Waals surface area contributed by atoms with E-state index in [-0.39, 0.29) is 5.92 Å². The Morgan fingerprint density at radius 1 is 0.963 bits per heavy atom. The van der Waals surface area contributed by atoms with Crippen LogP contribution >= 0.6 is 0 Å². The fourth-order valence-corrected chi connectivity index (χ4v) is 7.09. The summed E-state index contributed by atoms with van der Waals surface area (Å²) in [5.74, 6) is 1.92. The Bertz CT molecular complexity index is 624. The largest absolute Gasteiger partial charge is 0.354 e. The van der Waals surface area contributed by atoms with E-state index in [4.69, 9.17) is 4.99 Å². The Morgan fingerprint density at radius 3 is 2.44 bits per heavy atom. The van der Waals surface area contributed by atoms with Crippen molar-refractivity contribution in [2.24, 2.45) is 10.9 Å². The number of nitrogens with one attached hydrogen (secondary N) is 1. The molecule has 2 atom stereocenters. The molecule has 3 saturated heterocycles. The van der Waals surface area contributed by atoms with Gasteiger partial charge in [-0.3, -0.25) is 9.89 Å². The van der Waals surface area contributed by atoms with Gasteiger partial charge in [0.15, 0.2) is 15.8 Å². The zero-order valence-electron chi connectivity index (χ0n) is 16.6. The minimum Gasteiger partial charge on any atom is -0.354 e. The molecule has 154 valence electrons. The standard InChI is InChI=1S/C20H36N4O2S/c25-27(26)13-9-17(16-27)14-21-20(22-18-6-2-3-7-18)24-12-8-19(15-24)23-10-4-1-5-11-23/h17-19H,1-16H2,(H,21,22).